The van der Waals surface area contributed by atoms with E-state index < -0.39 is 0 Å². The number of benzene rings is 2. The zero-order chi connectivity index (χ0) is 15.6. The van der Waals surface area contributed by atoms with Crippen LogP contribution in [0.2, 0.25) is 0 Å². The molecule has 1 nitrogen and oxygen atoms in total. The fourth-order valence-corrected chi connectivity index (χ4v) is 4.19. The fourth-order valence-electron chi connectivity index (χ4n) is 2.48. The second-order valence-corrected chi connectivity index (χ2v) is 6.99. The predicted molar refractivity (Wildman–Crippen MR) is 96.1 cm³/mol. The number of alkyl halides is 1. The number of halogens is 2. The van der Waals surface area contributed by atoms with Gasteiger partial charge in [-0.2, -0.15) is 0 Å². The van der Waals surface area contributed by atoms with Gasteiger partial charge in [0.05, 0.1) is 12.5 Å². The lowest BCUT2D eigenvalue weighted by Crippen LogP contribution is -2.04. The van der Waals surface area contributed by atoms with Crippen LogP contribution in [0.3, 0.4) is 0 Å². The average molecular weight is 386 g/mol. The summed E-state index contributed by atoms with van der Waals surface area (Å²) in [7, 11) is 1.70. The maximum Gasteiger partial charge on any atom is 0.127 e. The molecule has 0 aliphatic carbocycles. The van der Waals surface area contributed by atoms with Crippen LogP contribution in [0.5, 0.6) is 5.75 Å². The number of hydrogen-bond donors (Lipinski definition) is 0. The maximum atomic E-state index is 6.83. The number of ether oxygens (including phenoxy) is 1. The lowest BCUT2D eigenvalue weighted by Gasteiger charge is -2.21. The van der Waals surface area contributed by atoms with Gasteiger partial charge in [0.15, 0.2) is 0 Å². The summed E-state index contributed by atoms with van der Waals surface area (Å²) in [6, 6.07) is 10.3. The fraction of sp³-hybridized carbons (Fsp3) is 0.294. The van der Waals surface area contributed by atoms with Gasteiger partial charge in [0, 0.05) is 14.9 Å². The first-order chi connectivity index (χ1) is 10.0. The predicted octanol–water partition coefficient (Wildman–Crippen LogP) is 6.12. The number of aryl methyl sites for hydroxylation is 1. The Bertz CT molecular complexity index is 657. The Balaban J connectivity index is 2.65. The molecule has 0 N–H and O–H groups in total. The first-order valence-corrected chi connectivity index (χ1v) is 9.07. The van der Waals surface area contributed by atoms with Crippen LogP contribution in [0.4, 0.5) is 0 Å². The summed E-state index contributed by atoms with van der Waals surface area (Å²) in [4.78, 5) is 1.19. The molecule has 4 heteroatoms. The van der Waals surface area contributed by atoms with Gasteiger partial charge in [-0.25, -0.2) is 0 Å². The highest BCUT2D eigenvalue weighted by atomic mass is 79.9. The molecule has 0 aromatic heterocycles. The highest BCUT2D eigenvalue weighted by Gasteiger charge is 2.23. The molecule has 0 aliphatic rings. The molecular weight excluding hydrogens is 368 g/mol. The molecule has 21 heavy (non-hydrogen) atoms. The van der Waals surface area contributed by atoms with E-state index in [-0.39, 0.29) is 5.38 Å². The van der Waals surface area contributed by atoms with Gasteiger partial charge in [0.25, 0.3) is 0 Å². The van der Waals surface area contributed by atoms with Crippen LogP contribution in [-0.2, 0) is 0 Å². The Labute approximate surface area is 144 Å². The van der Waals surface area contributed by atoms with Crippen molar-refractivity contribution in [2.45, 2.75) is 24.1 Å². The highest BCUT2D eigenvalue weighted by molar-refractivity contribution is 9.10. The largest absolute Gasteiger partial charge is 0.496 e. The molecule has 0 bridgehead atoms. The average Bonchev–Trinajstić information content (AvgIpc) is 2.49. The van der Waals surface area contributed by atoms with Crippen LogP contribution in [0, 0.1) is 13.8 Å². The molecule has 0 fully saturated rings. The van der Waals surface area contributed by atoms with Crippen LogP contribution in [-0.4, -0.2) is 13.4 Å². The third kappa shape index (κ3) is 3.25. The summed E-state index contributed by atoms with van der Waals surface area (Å²) in [6.07, 6.45) is 2.07. The SMILES string of the molecule is COc1c(C)cc(Br)c(C)c1C(Cl)c1ccccc1SC. The second kappa shape index (κ2) is 7.08. The van der Waals surface area contributed by atoms with Crippen LogP contribution >= 0.6 is 39.3 Å². The Morgan fingerprint density at radius 3 is 2.52 bits per heavy atom. The number of methoxy groups -OCH3 is 1. The van der Waals surface area contributed by atoms with Gasteiger partial charge < -0.3 is 4.74 Å². The van der Waals surface area contributed by atoms with E-state index in [2.05, 4.69) is 47.3 Å². The Hall–Kier alpha value is -0.640. The molecule has 0 aliphatic heterocycles. The summed E-state index contributed by atoms with van der Waals surface area (Å²) in [6.45, 7) is 4.11. The molecule has 0 amide bonds. The zero-order valence-corrected chi connectivity index (χ0v) is 15.7. The van der Waals surface area contributed by atoms with Gasteiger partial charge in [0.1, 0.15) is 5.75 Å². The van der Waals surface area contributed by atoms with Gasteiger partial charge in [-0.05, 0) is 48.9 Å². The van der Waals surface area contributed by atoms with E-state index in [1.54, 1.807) is 18.9 Å². The van der Waals surface area contributed by atoms with E-state index in [1.807, 2.05) is 19.1 Å². The third-order valence-electron chi connectivity index (χ3n) is 3.58. The summed E-state index contributed by atoms with van der Waals surface area (Å²) in [5.41, 5.74) is 4.35. The van der Waals surface area contributed by atoms with Crippen molar-refractivity contribution in [2.24, 2.45) is 0 Å². The van der Waals surface area contributed by atoms with Crippen molar-refractivity contribution >= 4 is 39.3 Å². The van der Waals surface area contributed by atoms with Crippen LogP contribution in [0.15, 0.2) is 39.7 Å². The van der Waals surface area contributed by atoms with E-state index in [1.165, 1.54) is 4.90 Å². The van der Waals surface area contributed by atoms with Crippen LogP contribution < -0.4 is 4.74 Å². The molecule has 0 spiro atoms. The Morgan fingerprint density at radius 1 is 1.24 bits per heavy atom. The molecule has 2 aromatic carbocycles. The van der Waals surface area contributed by atoms with Gasteiger partial charge in [-0.15, -0.1) is 23.4 Å². The topological polar surface area (TPSA) is 9.23 Å². The normalized spacial score (nSPS) is 12.3. The number of hydrogen-bond acceptors (Lipinski definition) is 2. The van der Waals surface area contributed by atoms with E-state index in [0.717, 1.165) is 32.5 Å². The minimum absolute atomic E-state index is 0.236. The molecule has 0 saturated carbocycles. The van der Waals surface area contributed by atoms with Crippen LogP contribution in [0.1, 0.15) is 27.6 Å². The molecule has 2 rings (SSSR count). The molecule has 2 aromatic rings. The minimum Gasteiger partial charge on any atom is -0.496 e. The van der Waals surface area contributed by atoms with Crippen LogP contribution in [0.25, 0.3) is 0 Å². The van der Waals surface area contributed by atoms with Crippen molar-refractivity contribution in [1.82, 2.24) is 0 Å². The lowest BCUT2D eigenvalue weighted by atomic mass is 9.96. The zero-order valence-electron chi connectivity index (χ0n) is 12.5. The van der Waals surface area contributed by atoms with Crippen molar-refractivity contribution in [3.8, 4) is 5.75 Å². The Kier molecular flexibility index (Phi) is 5.64. The van der Waals surface area contributed by atoms with E-state index in [0.29, 0.717) is 0 Å². The van der Waals surface area contributed by atoms with E-state index >= 15 is 0 Å². The highest BCUT2D eigenvalue weighted by Crippen LogP contribution is 2.43. The molecule has 0 radical (unpaired) electrons. The van der Waals surface area contributed by atoms with Gasteiger partial charge in [-0.1, -0.05) is 34.1 Å². The monoisotopic (exact) mass is 384 g/mol. The van der Waals surface area contributed by atoms with Gasteiger partial charge >= 0.3 is 0 Å². The molecule has 0 heterocycles. The minimum atomic E-state index is -0.236. The maximum absolute atomic E-state index is 6.83. The van der Waals surface area contributed by atoms with Crippen molar-refractivity contribution in [3.63, 3.8) is 0 Å². The van der Waals surface area contributed by atoms with Crippen molar-refractivity contribution in [1.29, 1.82) is 0 Å². The molecular formula is C17H18BrClOS. The standard InChI is InChI=1S/C17H18BrClOS/c1-10-9-13(18)11(2)15(17(10)20-3)16(19)12-7-5-6-8-14(12)21-4/h5-9,16H,1-4H3. The second-order valence-electron chi connectivity index (χ2n) is 4.85. The first-order valence-electron chi connectivity index (χ1n) is 6.61. The van der Waals surface area contributed by atoms with E-state index in [4.69, 9.17) is 16.3 Å². The summed E-state index contributed by atoms with van der Waals surface area (Å²) in [5.74, 6) is 0.867. The van der Waals surface area contributed by atoms with Crippen molar-refractivity contribution in [2.75, 3.05) is 13.4 Å². The summed E-state index contributed by atoms with van der Waals surface area (Å²) < 4.78 is 6.67. The quantitative estimate of drug-likeness (QED) is 0.463. The lowest BCUT2D eigenvalue weighted by molar-refractivity contribution is 0.406. The summed E-state index contributed by atoms with van der Waals surface area (Å²) >= 11 is 12.2. The van der Waals surface area contributed by atoms with E-state index in [9.17, 15) is 0 Å². The number of rotatable bonds is 4. The first kappa shape index (κ1) is 16.7. The third-order valence-corrected chi connectivity index (χ3v) is 5.67. The molecule has 1 unspecified atom stereocenters. The van der Waals surface area contributed by atoms with Crippen molar-refractivity contribution in [3.05, 3.63) is 57.1 Å². The molecule has 0 saturated heterocycles. The molecule has 112 valence electrons. The Morgan fingerprint density at radius 2 is 1.90 bits per heavy atom. The van der Waals surface area contributed by atoms with Gasteiger partial charge in [-0.3, -0.25) is 0 Å². The summed E-state index contributed by atoms with van der Waals surface area (Å²) in [5, 5.41) is -0.236. The smallest absolute Gasteiger partial charge is 0.127 e. The van der Waals surface area contributed by atoms with Crippen molar-refractivity contribution < 1.29 is 4.74 Å². The van der Waals surface area contributed by atoms with Gasteiger partial charge in [0.2, 0.25) is 0 Å². The number of thioether (sulfide) groups is 1. The molecule has 1 atom stereocenters.